The van der Waals surface area contributed by atoms with Gasteiger partial charge in [-0.25, -0.2) is 0 Å². The summed E-state index contributed by atoms with van der Waals surface area (Å²) in [5, 5.41) is 12.1. The zero-order chi connectivity index (χ0) is 39.0. The van der Waals surface area contributed by atoms with Crippen molar-refractivity contribution in [3.63, 3.8) is 0 Å². The molecule has 1 aromatic heterocycles. The standard InChI is InChI=1S/C25H38O5.C20H18NO4.ClH/c1-6-25(4,5)24(28)30-21-12-15(2)11-17-8-7-16(3)20(23(17)21)10-9-19-13-18(26)14-22(27)29-19;1-22-17-4-3-12-7-16-14-9-19-18(24-11-25-19)8-13(14)5-6-21(16)10-15(12)20(17)23-2;/h7-8,11,15-16,18-21,23,26H,6,9-10,12-14H2,1-5H3;3-4,7-10H,5-6,11H2,1-2H3;1H/q;+1;/p-1/t15-,16-,18+,19+,20-,21-,23-;;/m0../s1. The lowest BCUT2D eigenvalue weighted by Gasteiger charge is -2.44. The Morgan fingerprint density at radius 2 is 1.80 bits per heavy atom. The summed E-state index contributed by atoms with van der Waals surface area (Å²) >= 11 is 0. The Bertz CT molecular complexity index is 2010. The monoisotopic (exact) mass is 789 g/mol. The van der Waals surface area contributed by atoms with Crippen LogP contribution in [0.5, 0.6) is 23.0 Å². The molecule has 5 aliphatic rings. The maximum atomic E-state index is 12.9. The summed E-state index contributed by atoms with van der Waals surface area (Å²) in [4.78, 5) is 24.6. The number of aromatic nitrogens is 1. The van der Waals surface area contributed by atoms with E-state index in [0.717, 1.165) is 72.4 Å². The Morgan fingerprint density at radius 1 is 1.04 bits per heavy atom. The Hall–Kier alpha value is -4.28. The zero-order valence-electron chi connectivity index (χ0n) is 33.6. The molecule has 3 aliphatic heterocycles. The summed E-state index contributed by atoms with van der Waals surface area (Å²) in [6.07, 6.45) is 12.7. The van der Waals surface area contributed by atoms with Crippen LogP contribution in [0.3, 0.4) is 0 Å². The maximum Gasteiger partial charge on any atom is 0.311 e. The highest BCUT2D eigenvalue weighted by Gasteiger charge is 2.43. The Labute approximate surface area is 336 Å². The molecule has 2 aromatic carbocycles. The van der Waals surface area contributed by atoms with E-state index in [1.807, 2.05) is 26.8 Å². The summed E-state index contributed by atoms with van der Waals surface area (Å²) in [6.45, 7) is 11.5. The van der Waals surface area contributed by atoms with Gasteiger partial charge in [0.15, 0.2) is 35.7 Å². The molecule has 0 spiro atoms. The van der Waals surface area contributed by atoms with Crippen LogP contribution >= 0.6 is 0 Å². The van der Waals surface area contributed by atoms with Crippen molar-refractivity contribution in [2.24, 2.45) is 29.1 Å². The van der Waals surface area contributed by atoms with Gasteiger partial charge in [0.2, 0.25) is 12.5 Å². The van der Waals surface area contributed by atoms with Gasteiger partial charge in [0, 0.05) is 24.8 Å². The third kappa shape index (κ3) is 8.37. The number of halogens is 1. The molecular weight excluding hydrogens is 734 g/mol. The van der Waals surface area contributed by atoms with Crippen molar-refractivity contribution in [2.45, 2.75) is 104 Å². The number of aryl methyl sites for hydroxylation is 2. The van der Waals surface area contributed by atoms with Crippen molar-refractivity contribution in [3.8, 4) is 34.3 Å². The summed E-state index contributed by atoms with van der Waals surface area (Å²) in [5.74, 6) is 3.96. The molecule has 302 valence electrons. The van der Waals surface area contributed by atoms with E-state index in [9.17, 15) is 14.7 Å². The number of carbonyl (C=O) groups is 2. The van der Waals surface area contributed by atoms with Crippen LogP contribution in [0, 0.1) is 29.1 Å². The molecule has 56 heavy (non-hydrogen) atoms. The number of hydrogen-bond donors (Lipinski definition) is 1. The van der Waals surface area contributed by atoms with Crippen LogP contribution in [0.1, 0.15) is 78.7 Å². The number of cyclic esters (lactones) is 1. The molecule has 0 radical (unpaired) electrons. The predicted octanol–water partition coefficient (Wildman–Crippen LogP) is 4.69. The molecule has 0 bridgehead atoms. The normalized spacial score (nSPS) is 25.9. The number of fused-ring (bicyclic) bond motifs is 6. The first kappa shape index (κ1) is 41.4. The number of esters is 2. The fourth-order valence-corrected chi connectivity index (χ4v) is 8.85. The SMILES string of the molecule is CCC(C)(C)C(=O)O[C@H]1C[C@@H](C)C=C2C=C[C@H](C)[C@H](CC[C@@H]3C[C@@H](O)CC(=O)O3)[C@H]21.COc1ccc2cc3[n+](cc2c1OC)CCc1cc2c(cc1-3)OCO2.[Cl-]. The Kier molecular flexibility index (Phi) is 12.6. The highest BCUT2D eigenvalue weighted by molar-refractivity contribution is 5.91. The number of ether oxygens (including phenoxy) is 6. The average molecular weight is 790 g/mol. The minimum absolute atomic E-state index is 0. The molecule has 3 aromatic rings. The van der Waals surface area contributed by atoms with Gasteiger partial charge in [-0.05, 0) is 98.1 Å². The quantitative estimate of drug-likeness (QED) is 0.257. The molecule has 1 fully saturated rings. The second-order valence-corrected chi connectivity index (χ2v) is 16.5. The van der Waals surface area contributed by atoms with E-state index in [1.54, 1.807) is 14.2 Å². The van der Waals surface area contributed by atoms with Gasteiger partial charge in [0.05, 0.1) is 43.1 Å². The first-order valence-corrected chi connectivity index (χ1v) is 19.9. The van der Waals surface area contributed by atoms with E-state index >= 15 is 0 Å². The third-order valence-electron chi connectivity index (χ3n) is 12.3. The molecule has 1 N–H and O–H groups in total. The lowest BCUT2D eigenvalue weighted by Crippen LogP contribution is -3.00. The van der Waals surface area contributed by atoms with Crippen LogP contribution in [0.2, 0.25) is 0 Å². The molecule has 11 heteroatoms. The number of allylic oxidation sites excluding steroid dienone is 3. The summed E-state index contributed by atoms with van der Waals surface area (Å²) < 4.78 is 36.0. The number of carbonyl (C=O) groups excluding carboxylic acids is 2. The summed E-state index contributed by atoms with van der Waals surface area (Å²) in [5.41, 5.74) is 4.46. The predicted molar refractivity (Wildman–Crippen MR) is 208 cm³/mol. The molecule has 0 amide bonds. The lowest BCUT2D eigenvalue weighted by atomic mass is 9.65. The van der Waals surface area contributed by atoms with Gasteiger partial charge in [-0.15, -0.1) is 0 Å². The van der Waals surface area contributed by atoms with Crippen molar-refractivity contribution < 1.29 is 60.1 Å². The van der Waals surface area contributed by atoms with Gasteiger partial charge in [0.25, 0.3) is 0 Å². The highest BCUT2D eigenvalue weighted by Crippen LogP contribution is 2.46. The number of benzene rings is 2. The number of aliphatic hydroxyl groups is 1. The van der Waals surface area contributed by atoms with E-state index < -0.39 is 11.5 Å². The van der Waals surface area contributed by atoms with E-state index in [0.29, 0.717) is 31.0 Å². The molecule has 7 atom stereocenters. The molecule has 8 rings (SSSR count). The molecule has 2 aliphatic carbocycles. The van der Waals surface area contributed by atoms with Crippen LogP contribution in [0.25, 0.3) is 22.0 Å². The average Bonchev–Trinajstić information content (AvgIpc) is 3.63. The highest BCUT2D eigenvalue weighted by atomic mass is 35.5. The van der Waals surface area contributed by atoms with Gasteiger partial charge in [-0.2, -0.15) is 4.57 Å². The first-order chi connectivity index (χ1) is 26.4. The van der Waals surface area contributed by atoms with E-state index in [4.69, 9.17) is 28.4 Å². The van der Waals surface area contributed by atoms with Crippen LogP contribution in [-0.4, -0.2) is 56.4 Å². The number of aliphatic hydroxyl groups excluding tert-OH is 1. The van der Waals surface area contributed by atoms with Crippen LogP contribution in [0.15, 0.2) is 60.3 Å². The number of hydrogen-bond acceptors (Lipinski definition) is 9. The Balaban J connectivity index is 0.000000189. The van der Waals surface area contributed by atoms with Crippen LogP contribution in [0.4, 0.5) is 0 Å². The Morgan fingerprint density at radius 3 is 2.52 bits per heavy atom. The minimum atomic E-state index is -0.601. The van der Waals surface area contributed by atoms with Crippen molar-refractivity contribution >= 4 is 22.7 Å². The van der Waals surface area contributed by atoms with E-state index in [2.05, 4.69) is 67.1 Å². The van der Waals surface area contributed by atoms with Gasteiger partial charge in [-0.1, -0.05) is 39.0 Å². The van der Waals surface area contributed by atoms with Gasteiger partial charge >= 0.3 is 11.9 Å². The number of methoxy groups -OCH3 is 2. The topological polar surface area (TPSA) is 114 Å². The lowest BCUT2D eigenvalue weighted by molar-refractivity contribution is -0.686. The number of rotatable bonds is 8. The van der Waals surface area contributed by atoms with Crippen molar-refractivity contribution in [2.75, 3.05) is 21.0 Å². The molecular formula is C45H56ClNO9. The minimum Gasteiger partial charge on any atom is -1.00 e. The van der Waals surface area contributed by atoms with Gasteiger partial charge in [-0.3, -0.25) is 9.59 Å². The van der Waals surface area contributed by atoms with Crippen molar-refractivity contribution in [1.82, 2.24) is 0 Å². The van der Waals surface area contributed by atoms with Gasteiger partial charge in [0.1, 0.15) is 12.2 Å². The zero-order valence-corrected chi connectivity index (χ0v) is 34.4. The smallest absolute Gasteiger partial charge is 0.311 e. The van der Waals surface area contributed by atoms with Crippen molar-refractivity contribution in [3.05, 3.63) is 65.9 Å². The molecule has 0 saturated carbocycles. The maximum absolute atomic E-state index is 12.9. The van der Waals surface area contributed by atoms with E-state index in [-0.39, 0.29) is 48.9 Å². The van der Waals surface area contributed by atoms with Crippen molar-refractivity contribution in [1.29, 1.82) is 0 Å². The van der Waals surface area contributed by atoms with Crippen LogP contribution < -0.4 is 35.9 Å². The fraction of sp³-hybridized carbons (Fsp3) is 0.533. The molecule has 1 saturated heterocycles. The molecule has 0 unspecified atom stereocenters. The molecule has 4 heterocycles. The summed E-state index contributed by atoms with van der Waals surface area (Å²) in [6, 6.07) is 10.4. The first-order valence-electron chi connectivity index (χ1n) is 19.9. The summed E-state index contributed by atoms with van der Waals surface area (Å²) in [7, 11) is 3.34. The van der Waals surface area contributed by atoms with E-state index in [1.165, 1.54) is 22.4 Å². The second kappa shape index (κ2) is 17.1. The second-order valence-electron chi connectivity index (χ2n) is 16.5. The largest absolute Gasteiger partial charge is 1.00 e. The number of pyridine rings is 1. The molecule has 10 nitrogen and oxygen atoms in total. The third-order valence-corrected chi connectivity index (χ3v) is 12.3. The fourth-order valence-electron chi connectivity index (χ4n) is 8.85. The number of nitrogens with zero attached hydrogens (tertiary/aromatic N) is 1. The van der Waals surface area contributed by atoms with Gasteiger partial charge < -0.3 is 45.9 Å². The van der Waals surface area contributed by atoms with Crippen LogP contribution in [-0.2, 0) is 32.0 Å².